The fourth-order valence-electron chi connectivity index (χ4n) is 2.58. The van der Waals surface area contributed by atoms with E-state index in [1.165, 1.54) is 24.1 Å². The number of carbonyl (C=O) groups is 1. The van der Waals surface area contributed by atoms with Gasteiger partial charge in [-0.15, -0.1) is 11.3 Å². The molecule has 0 aromatic carbocycles. The van der Waals surface area contributed by atoms with Gasteiger partial charge in [0.2, 0.25) is 0 Å². The molecule has 1 heterocycles. The van der Waals surface area contributed by atoms with Crippen LogP contribution in [0.1, 0.15) is 47.7 Å². The van der Waals surface area contributed by atoms with Crippen molar-refractivity contribution in [3.63, 3.8) is 0 Å². The van der Waals surface area contributed by atoms with Gasteiger partial charge in [-0.3, -0.25) is 0 Å². The van der Waals surface area contributed by atoms with E-state index in [-0.39, 0.29) is 6.03 Å². The number of aromatic nitrogens is 1. The fraction of sp³-hybridized carbons (Fsp3) is 0.714. The van der Waals surface area contributed by atoms with E-state index in [9.17, 15) is 4.79 Å². The molecule has 0 unspecified atom stereocenters. The van der Waals surface area contributed by atoms with Crippen molar-refractivity contribution in [2.45, 2.75) is 58.4 Å². The fourth-order valence-corrected chi connectivity index (χ4v) is 3.51. The van der Waals surface area contributed by atoms with Crippen molar-refractivity contribution in [1.29, 1.82) is 0 Å². The minimum absolute atomic E-state index is 0.0224. The number of aryl methyl sites for hydroxylation is 2. The molecule has 0 spiro atoms. The van der Waals surface area contributed by atoms with Crippen LogP contribution in [0, 0.1) is 13.8 Å². The predicted octanol–water partition coefficient (Wildman–Crippen LogP) is 2.93. The van der Waals surface area contributed by atoms with Crippen molar-refractivity contribution in [3.8, 4) is 0 Å². The summed E-state index contributed by atoms with van der Waals surface area (Å²) in [5, 5.41) is 7.10. The molecule has 106 valence electrons. The molecular formula is C14H23N3OS. The number of nitrogens with one attached hydrogen (secondary N) is 2. The molecule has 2 amide bonds. The number of hydrogen-bond acceptors (Lipinski definition) is 3. The lowest BCUT2D eigenvalue weighted by Gasteiger charge is -2.22. The third-order valence-corrected chi connectivity index (χ3v) is 4.71. The summed E-state index contributed by atoms with van der Waals surface area (Å²) in [6.45, 7) is 4.73. The molecule has 0 atom stereocenters. The smallest absolute Gasteiger partial charge is 0.315 e. The van der Waals surface area contributed by atoms with Crippen LogP contribution < -0.4 is 10.6 Å². The lowest BCUT2D eigenvalue weighted by atomic mass is 9.96. The average molecular weight is 281 g/mol. The van der Waals surface area contributed by atoms with Crippen molar-refractivity contribution in [1.82, 2.24) is 15.6 Å². The summed E-state index contributed by atoms with van der Waals surface area (Å²) in [6, 6.07) is 0.354. The van der Waals surface area contributed by atoms with Crippen LogP contribution in [0.15, 0.2) is 0 Å². The van der Waals surface area contributed by atoms with Crippen molar-refractivity contribution in [3.05, 3.63) is 15.6 Å². The molecule has 0 saturated heterocycles. The number of urea groups is 1. The van der Waals surface area contributed by atoms with E-state index in [1.807, 2.05) is 13.8 Å². The number of carbonyl (C=O) groups excluding carboxylic acids is 1. The lowest BCUT2D eigenvalue weighted by molar-refractivity contribution is 0.233. The van der Waals surface area contributed by atoms with Gasteiger partial charge in [0.05, 0.1) is 10.7 Å². The van der Waals surface area contributed by atoms with Crippen molar-refractivity contribution < 1.29 is 4.79 Å². The van der Waals surface area contributed by atoms with Crippen LogP contribution in [0.5, 0.6) is 0 Å². The maximum absolute atomic E-state index is 11.8. The first kappa shape index (κ1) is 14.3. The summed E-state index contributed by atoms with van der Waals surface area (Å²) in [5.41, 5.74) is 1.09. The molecule has 0 radical (unpaired) electrons. The van der Waals surface area contributed by atoms with Crippen LogP contribution in [-0.2, 0) is 6.42 Å². The van der Waals surface area contributed by atoms with E-state index in [4.69, 9.17) is 0 Å². The van der Waals surface area contributed by atoms with Crippen LogP contribution in [0.4, 0.5) is 4.79 Å². The summed E-state index contributed by atoms with van der Waals surface area (Å²) in [6.07, 6.45) is 6.91. The van der Waals surface area contributed by atoms with Gasteiger partial charge in [0.1, 0.15) is 0 Å². The second-order valence-electron chi connectivity index (χ2n) is 5.23. The van der Waals surface area contributed by atoms with Crippen LogP contribution in [0.25, 0.3) is 0 Å². The third-order valence-electron chi connectivity index (χ3n) is 3.58. The van der Waals surface area contributed by atoms with Crippen molar-refractivity contribution in [2.24, 2.45) is 0 Å². The van der Waals surface area contributed by atoms with Gasteiger partial charge in [0, 0.05) is 23.9 Å². The Labute approximate surface area is 119 Å². The Hall–Kier alpha value is -1.10. The second-order valence-corrected chi connectivity index (χ2v) is 6.51. The predicted molar refractivity (Wildman–Crippen MR) is 78.7 cm³/mol. The second kappa shape index (κ2) is 6.89. The third kappa shape index (κ3) is 4.49. The topological polar surface area (TPSA) is 54.0 Å². The Morgan fingerprint density at radius 1 is 1.32 bits per heavy atom. The van der Waals surface area contributed by atoms with Gasteiger partial charge < -0.3 is 10.6 Å². The zero-order valence-corrected chi connectivity index (χ0v) is 12.6. The average Bonchev–Trinajstić information content (AvgIpc) is 2.69. The largest absolute Gasteiger partial charge is 0.338 e. The van der Waals surface area contributed by atoms with Crippen LogP contribution in [0.2, 0.25) is 0 Å². The Kier molecular flexibility index (Phi) is 5.19. The Morgan fingerprint density at radius 2 is 2.05 bits per heavy atom. The molecule has 1 fully saturated rings. The van der Waals surface area contributed by atoms with E-state index < -0.39 is 0 Å². The van der Waals surface area contributed by atoms with Crippen LogP contribution in [-0.4, -0.2) is 23.6 Å². The Balaban J connectivity index is 1.67. The quantitative estimate of drug-likeness (QED) is 0.891. The molecule has 5 heteroatoms. The summed E-state index contributed by atoms with van der Waals surface area (Å²) >= 11 is 1.72. The van der Waals surface area contributed by atoms with Gasteiger partial charge in [0.15, 0.2) is 0 Å². The van der Waals surface area contributed by atoms with Crippen molar-refractivity contribution >= 4 is 17.4 Å². The molecule has 1 aromatic rings. The summed E-state index contributed by atoms with van der Waals surface area (Å²) in [7, 11) is 0. The van der Waals surface area contributed by atoms with E-state index in [1.54, 1.807) is 11.3 Å². The lowest BCUT2D eigenvalue weighted by Crippen LogP contribution is -2.43. The van der Waals surface area contributed by atoms with E-state index in [0.717, 1.165) is 30.0 Å². The first-order valence-corrected chi connectivity index (χ1v) is 7.94. The number of thiazole rings is 1. The Morgan fingerprint density at radius 3 is 2.68 bits per heavy atom. The SMILES string of the molecule is Cc1nc(C)c(CCNC(=O)NC2CCCCC2)s1. The minimum atomic E-state index is -0.0224. The number of nitrogens with zero attached hydrogens (tertiary/aromatic N) is 1. The molecule has 1 aliphatic rings. The molecule has 0 aliphatic heterocycles. The normalized spacial score (nSPS) is 16.3. The molecular weight excluding hydrogens is 258 g/mol. The monoisotopic (exact) mass is 281 g/mol. The van der Waals surface area contributed by atoms with Gasteiger partial charge in [-0.2, -0.15) is 0 Å². The van der Waals surface area contributed by atoms with Gasteiger partial charge in [-0.05, 0) is 26.7 Å². The number of amides is 2. The molecule has 1 saturated carbocycles. The van der Waals surface area contributed by atoms with Crippen LogP contribution >= 0.6 is 11.3 Å². The zero-order valence-electron chi connectivity index (χ0n) is 11.8. The molecule has 4 nitrogen and oxygen atoms in total. The maximum Gasteiger partial charge on any atom is 0.315 e. The van der Waals surface area contributed by atoms with Gasteiger partial charge >= 0.3 is 6.03 Å². The molecule has 1 aromatic heterocycles. The standard InChI is InChI=1S/C14H23N3OS/c1-10-13(19-11(2)16-10)8-9-15-14(18)17-12-6-4-3-5-7-12/h12H,3-9H2,1-2H3,(H2,15,17,18). The molecule has 2 N–H and O–H groups in total. The summed E-state index contributed by atoms with van der Waals surface area (Å²) in [5.74, 6) is 0. The maximum atomic E-state index is 11.8. The van der Waals surface area contributed by atoms with E-state index in [2.05, 4.69) is 15.6 Å². The molecule has 19 heavy (non-hydrogen) atoms. The molecule has 2 rings (SSSR count). The highest BCUT2D eigenvalue weighted by Crippen LogP contribution is 2.18. The zero-order chi connectivity index (χ0) is 13.7. The van der Waals surface area contributed by atoms with E-state index in [0.29, 0.717) is 12.6 Å². The van der Waals surface area contributed by atoms with E-state index >= 15 is 0 Å². The highest BCUT2D eigenvalue weighted by Gasteiger charge is 2.15. The van der Waals surface area contributed by atoms with Gasteiger partial charge in [-0.25, -0.2) is 9.78 Å². The highest BCUT2D eigenvalue weighted by atomic mass is 32.1. The molecule has 0 bridgehead atoms. The highest BCUT2D eigenvalue weighted by molar-refractivity contribution is 7.11. The van der Waals surface area contributed by atoms with Gasteiger partial charge in [-0.1, -0.05) is 19.3 Å². The Bertz CT molecular complexity index is 424. The molecule has 1 aliphatic carbocycles. The minimum Gasteiger partial charge on any atom is -0.338 e. The first-order chi connectivity index (χ1) is 9.15. The van der Waals surface area contributed by atoms with Crippen molar-refractivity contribution in [2.75, 3.05) is 6.54 Å². The first-order valence-electron chi connectivity index (χ1n) is 7.12. The summed E-state index contributed by atoms with van der Waals surface area (Å²) in [4.78, 5) is 17.4. The number of rotatable bonds is 4. The summed E-state index contributed by atoms with van der Waals surface area (Å²) < 4.78 is 0. The van der Waals surface area contributed by atoms with Crippen LogP contribution in [0.3, 0.4) is 0 Å². The van der Waals surface area contributed by atoms with Gasteiger partial charge in [0.25, 0.3) is 0 Å². The number of hydrogen-bond donors (Lipinski definition) is 2.